The van der Waals surface area contributed by atoms with E-state index >= 15 is 0 Å². The molecule has 2 aromatic rings. The summed E-state index contributed by atoms with van der Waals surface area (Å²) in [6, 6.07) is 12.0. The molecule has 1 aliphatic rings. The molecule has 1 atom stereocenters. The quantitative estimate of drug-likeness (QED) is 0.616. The van der Waals surface area contributed by atoms with Gasteiger partial charge in [0.25, 0.3) is 0 Å². The van der Waals surface area contributed by atoms with Crippen LogP contribution in [-0.4, -0.2) is 35.0 Å². The fourth-order valence-electron chi connectivity index (χ4n) is 3.23. The fraction of sp³-hybridized carbons (Fsp3) is 0.368. The number of rotatable bonds is 5. The summed E-state index contributed by atoms with van der Waals surface area (Å²) in [5.41, 5.74) is 2.10. The first-order valence-electron chi connectivity index (χ1n) is 8.06. The zero-order chi connectivity index (χ0) is 16.1. The highest BCUT2D eigenvalue weighted by molar-refractivity contribution is 7.98. The number of Topliss-reactive ketones (excluding diaryl/α,β-unsaturated/α-hetero) is 1. The van der Waals surface area contributed by atoms with E-state index in [2.05, 4.69) is 16.0 Å². The van der Waals surface area contributed by atoms with Crippen molar-refractivity contribution in [2.75, 3.05) is 19.3 Å². The van der Waals surface area contributed by atoms with Crippen molar-refractivity contribution in [2.24, 2.45) is 5.92 Å². The SMILES string of the molecule is CSc1ccccc1C(=O)C1CCCN(Cc2cccnc2)C1. The van der Waals surface area contributed by atoms with Gasteiger partial charge in [-0.25, -0.2) is 0 Å². The summed E-state index contributed by atoms with van der Waals surface area (Å²) in [6.07, 6.45) is 7.81. The van der Waals surface area contributed by atoms with E-state index in [0.717, 1.165) is 42.9 Å². The van der Waals surface area contributed by atoms with Crippen molar-refractivity contribution in [2.45, 2.75) is 24.3 Å². The molecule has 0 aliphatic carbocycles. The summed E-state index contributed by atoms with van der Waals surface area (Å²) in [5.74, 6) is 0.402. The number of benzene rings is 1. The van der Waals surface area contributed by atoms with Crippen molar-refractivity contribution in [1.29, 1.82) is 0 Å². The van der Waals surface area contributed by atoms with Crippen LogP contribution in [0.1, 0.15) is 28.8 Å². The Kier molecular flexibility index (Phi) is 5.47. The molecule has 0 N–H and O–H groups in total. The van der Waals surface area contributed by atoms with Gasteiger partial charge in [0.2, 0.25) is 0 Å². The Morgan fingerprint density at radius 1 is 1.30 bits per heavy atom. The highest BCUT2D eigenvalue weighted by Gasteiger charge is 2.27. The van der Waals surface area contributed by atoms with Crippen LogP contribution in [0.4, 0.5) is 0 Å². The number of carbonyl (C=O) groups is 1. The van der Waals surface area contributed by atoms with Gasteiger partial charge in [-0.05, 0) is 43.3 Å². The van der Waals surface area contributed by atoms with Gasteiger partial charge >= 0.3 is 0 Å². The first kappa shape index (κ1) is 16.2. The van der Waals surface area contributed by atoms with E-state index in [1.165, 1.54) is 5.56 Å². The standard InChI is InChI=1S/C19H22N2OS/c1-23-18-9-3-2-8-17(18)19(22)16-7-5-11-21(14-16)13-15-6-4-10-20-12-15/h2-4,6,8-10,12,16H,5,7,11,13-14H2,1H3. The third kappa shape index (κ3) is 4.01. The largest absolute Gasteiger partial charge is 0.298 e. The average molecular weight is 326 g/mol. The molecule has 0 bridgehead atoms. The van der Waals surface area contributed by atoms with Gasteiger partial charge in [0.15, 0.2) is 5.78 Å². The van der Waals surface area contributed by atoms with Crippen LogP contribution >= 0.6 is 11.8 Å². The number of carbonyl (C=O) groups excluding carboxylic acids is 1. The van der Waals surface area contributed by atoms with E-state index in [4.69, 9.17) is 0 Å². The monoisotopic (exact) mass is 326 g/mol. The molecule has 0 spiro atoms. The Morgan fingerprint density at radius 2 is 2.17 bits per heavy atom. The van der Waals surface area contributed by atoms with Crippen LogP contribution in [0, 0.1) is 5.92 Å². The van der Waals surface area contributed by atoms with Gasteiger partial charge in [-0.15, -0.1) is 11.8 Å². The van der Waals surface area contributed by atoms with Crippen LogP contribution in [-0.2, 0) is 6.54 Å². The minimum absolute atomic E-state index is 0.105. The van der Waals surface area contributed by atoms with Gasteiger partial charge in [0.1, 0.15) is 0 Å². The van der Waals surface area contributed by atoms with Crippen LogP contribution in [0.2, 0.25) is 0 Å². The number of aromatic nitrogens is 1. The third-order valence-corrected chi connectivity index (χ3v) is 5.17. The van der Waals surface area contributed by atoms with Crippen molar-refractivity contribution >= 4 is 17.5 Å². The molecule has 3 rings (SSSR count). The summed E-state index contributed by atoms with van der Waals surface area (Å²) in [7, 11) is 0. The number of pyridine rings is 1. The lowest BCUT2D eigenvalue weighted by Crippen LogP contribution is -2.38. The van der Waals surface area contributed by atoms with Crippen LogP contribution in [0.15, 0.2) is 53.7 Å². The Morgan fingerprint density at radius 3 is 2.96 bits per heavy atom. The normalized spacial score (nSPS) is 18.7. The smallest absolute Gasteiger partial charge is 0.168 e. The zero-order valence-electron chi connectivity index (χ0n) is 13.4. The zero-order valence-corrected chi connectivity index (χ0v) is 14.3. The summed E-state index contributed by atoms with van der Waals surface area (Å²) < 4.78 is 0. The third-order valence-electron chi connectivity index (χ3n) is 4.38. The molecule has 0 amide bonds. The van der Waals surface area contributed by atoms with Gasteiger partial charge in [-0.3, -0.25) is 14.7 Å². The molecule has 3 nitrogen and oxygen atoms in total. The van der Waals surface area contributed by atoms with Crippen molar-refractivity contribution in [3.05, 3.63) is 59.9 Å². The first-order valence-corrected chi connectivity index (χ1v) is 9.29. The summed E-state index contributed by atoms with van der Waals surface area (Å²) in [5, 5.41) is 0. The number of ketones is 1. The summed E-state index contributed by atoms with van der Waals surface area (Å²) in [4.78, 5) is 20.6. The number of likely N-dealkylation sites (tertiary alicyclic amines) is 1. The predicted molar refractivity (Wildman–Crippen MR) is 94.8 cm³/mol. The Balaban J connectivity index is 1.69. The molecule has 1 saturated heterocycles. The van der Waals surface area contributed by atoms with E-state index in [-0.39, 0.29) is 5.92 Å². The van der Waals surface area contributed by atoms with E-state index in [1.807, 2.05) is 42.8 Å². The van der Waals surface area contributed by atoms with Crippen molar-refractivity contribution in [3.8, 4) is 0 Å². The number of piperidine rings is 1. The first-order chi connectivity index (χ1) is 11.3. The lowest BCUT2D eigenvalue weighted by Gasteiger charge is -2.32. The lowest BCUT2D eigenvalue weighted by molar-refractivity contribution is 0.0808. The molecule has 23 heavy (non-hydrogen) atoms. The number of thioether (sulfide) groups is 1. The molecule has 1 aromatic carbocycles. The molecular formula is C19H22N2OS. The summed E-state index contributed by atoms with van der Waals surface area (Å²) in [6.45, 7) is 2.78. The van der Waals surface area contributed by atoms with E-state index in [1.54, 1.807) is 18.0 Å². The molecule has 1 fully saturated rings. The highest BCUT2D eigenvalue weighted by atomic mass is 32.2. The van der Waals surface area contributed by atoms with E-state index < -0.39 is 0 Å². The van der Waals surface area contributed by atoms with E-state index in [0.29, 0.717) is 5.78 Å². The molecule has 120 valence electrons. The van der Waals surface area contributed by atoms with Gasteiger partial charge in [0.05, 0.1) is 0 Å². The van der Waals surface area contributed by atoms with Gasteiger partial charge in [0, 0.05) is 41.9 Å². The molecular weight excluding hydrogens is 304 g/mol. The second-order valence-corrected chi connectivity index (χ2v) is 6.85. The molecule has 1 aliphatic heterocycles. The minimum atomic E-state index is 0.105. The molecule has 4 heteroatoms. The van der Waals surface area contributed by atoms with E-state index in [9.17, 15) is 4.79 Å². The average Bonchev–Trinajstić information content (AvgIpc) is 2.62. The molecule has 1 unspecified atom stereocenters. The maximum absolute atomic E-state index is 12.9. The maximum atomic E-state index is 12.9. The van der Waals surface area contributed by atoms with Crippen molar-refractivity contribution in [1.82, 2.24) is 9.88 Å². The second kappa shape index (κ2) is 7.75. The highest BCUT2D eigenvalue weighted by Crippen LogP contribution is 2.27. The Bertz CT molecular complexity index is 659. The van der Waals surface area contributed by atoms with Gasteiger partial charge in [-0.2, -0.15) is 0 Å². The topological polar surface area (TPSA) is 33.2 Å². The van der Waals surface area contributed by atoms with Crippen molar-refractivity contribution in [3.63, 3.8) is 0 Å². The predicted octanol–water partition coefficient (Wildman–Crippen LogP) is 3.90. The Hall–Kier alpha value is -1.65. The van der Waals surface area contributed by atoms with Crippen LogP contribution in [0.5, 0.6) is 0 Å². The number of hydrogen-bond acceptors (Lipinski definition) is 4. The maximum Gasteiger partial charge on any atom is 0.168 e. The van der Waals surface area contributed by atoms with Crippen molar-refractivity contribution < 1.29 is 4.79 Å². The van der Waals surface area contributed by atoms with Crippen LogP contribution in [0.25, 0.3) is 0 Å². The number of hydrogen-bond donors (Lipinski definition) is 0. The van der Waals surface area contributed by atoms with Crippen LogP contribution < -0.4 is 0 Å². The number of nitrogens with zero attached hydrogens (tertiary/aromatic N) is 2. The fourth-order valence-corrected chi connectivity index (χ4v) is 3.83. The second-order valence-electron chi connectivity index (χ2n) is 6.00. The van der Waals surface area contributed by atoms with Gasteiger partial charge < -0.3 is 0 Å². The molecule has 0 saturated carbocycles. The summed E-state index contributed by atoms with van der Waals surface area (Å²) >= 11 is 1.65. The van der Waals surface area contributed by atoms with Crippen LogP contribution in [0.3, 0.4) is 0 Å². The Labute approximate surface area is 142 Å². The minimum Gasteiger partial charge on any atom is -0.298 e. The molecule has 2 heterocycles. The van der Waals surface area contributed by atoms with Gasteiger partial charge in [-0.1, -0.05) is 24.3 Å². The molecule has 1 aromatic heterocycles. The lowest BCUT2D eigenvalue weighted by atomic mass is 9.90. The molecule has 0 radical (unpaired) electrons.